The smallest absolute Gasteiger partial charge is 0.0486 e. The Morgan fingerprint density at radius 1 is 1.42 bits per heavy atom. The van der Waals surface area contributed by atoms with Gasteiger partial charge in [0, 0.05) is 16.9 Å². The molecule has 1 atom stereocenters. The molecule has 0 fully saturated rings. The van der Waals surface area contributed by atoms with Crippen molar-refractivity contribution in [1.29, 1.82) is 0 Å². The summed E-state index contributed by atoms with van der Waals surface area (Å²) in [7, 11) is 0. The van der Waals surface area contributed by atoms with Gasteiger partial charge in [-0.05, 0) is 17.7 Å². The Balaban J connectivity index is 2.89. The van der Waals surface area contributed by atoms with Crippen LogP contribution in [0.3, 0.4) is 0 Å². The van der Waals surface area contributed by atoms with E-state index in [-0.39, 0.29) is 0 Å². The molecule has 12 heavy (non-hydrogen) atoms. The van der Waals surface area contributed by atoms with E-state index in [9.17, 15) is 9.90 Å². The van der Waals surface area contributed by atoms with Crippen LogP contribution in [0.5, 0.6) is 0 Å². The van der Waals surface area contributed by atoms with Gasteiger partial charge in [-0.1, -0.05) is 30.7 Å². The normalized spacial score (nSPS) is 12.5. The highest BCUT2D eigenvalue weighted by Crippen LogP contribution is 2.17. The van der Waals surface area contributed by atoms with Crippen molar-refractivity contribution >= 4 is 17.6 Å². The van der Waals surface area contributed by atoms with Crippen LogP contribution in [0, 0.1) is 0 Å². The predicted octanol–water partition coefficient (Wildman–Crippen LogP) is 1.19. The van der Waals surface area contributed by atoms with Crippen molar-refractivity contribution < 1.29 is 9.90 Å². The molecule has 0 aliphatic heterocycles. The summed E-state index contributed by atoms with van der Waals surface area (Å²) in [5, 5.41) is 11.0. The van der Waals surface area contributed by atoms with Crippen molar-refractivity contribution in [2.24, 2.45) is 0 Å². The van der Waals surface area contributed by atoms with Crippen molar-refractivity contribution in [3.63, 3.8) is 0 Å². The molecule has 2 nitrogen and oxygen atoms in total. The van der Waals surface area contributed by atoms with Crippen molar-refractivity contribution in [2.45, 2.75) is 12.8 Å². The lowest BCUT2D eigenvalue weighted by atomic mass is 10.0. The fraction of sp³-hybridized carbons (Fsp3) is 0.222. The summed E-state index contributed by atoms with van der Waals surface area (Å²) in [4.78, 5) is 10.4. The molecule has 0 aliphatic carbocycles. The van der Waals surface area contributed by atoms with Gasteiger partial charge in [0.25, 0.3) is 0 Å². The number of carbonyl (C=O) groups excluding carboxylic acids is 1. The van der Waals surface area contributed by atoms with Crippen LogP contribution in [-0.4, -0.2) is 5.97 Å². The Kier molecular flexibility index (Phi) is 2.71. The first-order valence-corrected chi connectivity index (χ1v) is 3.95. The summed E-state index contributed by atoms with van der Waals surface area (Å²) in [6, 6.07) is 6.69. The van der Waals surface area contributed by atoms with E-state index in [0.29, 0.717) is 10.6 Å². The molecule has 0 amide bonds. The SMILES string of the molecule is CC(C(=O)[O-])c1ccc(Cl)cc1. The molecule has 0 saturated heterocycles. The Morgan fingerprint density at radius 3 is 2.33 bits per heavy atom. The number of benzene rings is 1. The first-order chi connectivity index (χ1) is 5.61. The van der Waals surface area contributed by atoms with Crippen LogP contribution in [0.1, 0.15) is 18.4 Å². The van der Waals surface area contributed by atoms with E-state index >= 15 is 0 Å². The third-order valence-corrected chi connectivity index (χ3v) is 1.98. The number of carboxylic acids is 1. The molecular formula is C9H8ClO2-. The molecule has 0 spiro atoms. The van der Waals surface area contributed by atoms with E-state index in [1.807, 2.05) is 0 Å². The van der Waals surface area contributed by atoms with Gasteiger partial charge < -0.3 is 9.90 Å². The summed E-state index contributed by atoms with van der Waals surface area (Å²) in [6.45, 7) is 1.58. The quantitative estimate of drug-likeness (QED) is 0.691. The minimum Gasteiger partial charge on any atom is -0.550 e. The third-order valence-electron chi connectivity index (χ3n) is 1.72. The van der Waals surface area contributed by atoms with E-state index in [2.05, 4.69) is 0 Å². The van der Waals surface area contributed by atoms with Gasteiger partial charge in [0.2, 0.25) is 0 Å². The molecule has 0 aromatic heterocycles. The summed E-state index contributed by atoms with van der Waals surface area (Å²) >= 11 is 5.63. The maximum absolute atomic E-state index is 10.4. The van der Waals surface area contributed by atoms with Gasteiger partial charge in [-0.2, -0.15) is 0 Å². The lowest BCUT2D eigenvalue weighted by molar-refractivity contribution is -0.307. The van der Waals surface area contributed by atoms with Crippen molar-refractivity contribution in [2.75, 3.05) is 0 Å². The Hall–Kier alpha value is -1.02. The second-order valence-corrected chi connectivity index (χ2v) is 3.03. The van der Waals surface area contributed by atoms with E-state index in [0.717, 1.165) is 0 Å². The molecule has 1 aromatic carbocycles. The number of aliphatic carboxylic acids is 1. The second kappa shape index (κ2) is 3.59. The molecule has 3 heteroatoms. The minimum absolute atomic E-state index is 0.581. The van der Waals surface area contributed by atoms with Crippen molar-refractivity contribution in [3.05, 3.63) is 34.9 Å². The van der Waals surface area contributed by atoms with Crippen LogP contribution in [0.2, 0.25) is 5.02 Å². The van der Waals surface area contributed by atoms with Crippen LogP contribution in [-0.2, 0) is 4.79 Å². The van der Waals surface area contributed by atoms with E-state index < -0.39 is 11.9 Å². The third kappa shape index (κ3) is 1.98. The van der Waals surface area contributed by atoms with E-state index in [1.54, 1.807) is 31.2 Å². The molecule has 0 heterocycles. The van der Waals surface area contributed by atoms with Gasteiger partial charge in [0.15, 0.2) is 0 Å². The molecule has 0 bridgehead atoms. The molecule has 1 rings (SSSR count). The van der Waals surface area contributed by atoms with Gasteiger partial charge in [-0.15, -0.1) is 0 Å². The highest BCUT2D eigenvalue weighted by atomic mass is 35.5. The van der Waals surface area contributed by atoms with Crippen LogP contribution in [0.4, 0.5) is 0 Å². The number of hydrogen-bond acceptors (Lipinski definition) is 2. The topological polar surface area (TPSA) is 40.1 Å². The lowest BCUT2D eigenvalue weighted by Crippen LogP contribution is -2.27. The average Bonchev–Trinajstić information content (AvgIpc) is 2.04. The minimum atomic E-state index is -1.07. The summed E-state index contributed by atoms with van der Waals surface area (Å²) < 4.78 is 0. The monoisotopic (exact) mass is 183 g/mol. The predicted molar refractivity (Wildman–Crippen MR) is 44.9 cm³/mol. The zero-order valence-corrected chi connectivity index (χ0v) is 7.34. The van der Waals surface area contributed by atoms with E-state index in [1.165, 1.54) is 0 Å². The second-order valence-electron chi connectivity index (χ2n) is 2.59. The van der Waals surface area contributed by atoms with Crippen LogP contribution in [0.15, 0.2) is 24.3 Å². The fourth-order valence-electron chi connectivity index (χ4n) is 0.888. The van der Waals surface area contributed by atoms with Gasteiger partial charge in [-0.25, -0.2) is 0 Å². The van der Waals surface area contributed by atoms with Crippen molar-refractivity contribution in [1.82, 2.24) is 0 Å². The number of rotatable bonds is 2. The first kappa shape index (κ1) is 9.07. The molecule has 0 N–H and O–H groups in total. The summed E-state index contributed by atoms with van der Waals surface area (Å²) in [5.41, 5.74) is 0.708. The highest BCUT2D eigenvalue weighted by molar-refractivity contribution is 6.30. The standard InChI is InChI=1S/C9H9ClO2/c1-6(9(11)12)7-2-4-8(10)5-3-7/h2-6H,1H3,(H,11,12)/p-1. The average molecular weight is 184 g/mol. The first-order valence-electron chi connectivity index (χ1n) is 3.57. The fourth-order valence-corrected chi connectivity index (χ4v) is 1.01. The molecule has 0 saturated carbocycles. The molecular weight excluding hydrogens is 176 g/mol. The Bertz CT molecular complexity index is 279. The van der Waals surface area contributed by atoms with Gasteiger partial charge in [0.1, 0.15) is 0 Å². The zero-order chi connectivity index (χ0) is 9.14. The summed E-state index contributed by atoms with van der Waals surface area (Å²) in [5.74, 6) is -1.65. The van der Waals surface area contributed by atoms with Gasteiger partial charge in [0.05, 0.1) is 0 Å². The Labute approximate surface area is 75.8 Å². The van der Waals surface area contributed by atoms with Crippen LogP contribution >= 0.6 is 11.6 Å². The van der Waals surface area contributed by atoms with Crippen LogP contribution in [0.25, 0.3) is 0 Å². The van der Waals surface area contributed by atoms with Crippen molar-refractivity contribution in [3.8, 4) is 0 Å². The lowest BCUT2D eigenvalue weighted by Gasteiger charge is -2.12. The highest BCUT2D eigenvalue weighted by Gasteiger charge is 2.04. The largest absolute Gasteiger partial charge is 0.550 e. The van der Waals surface area contributed by atoms with Crippen LogP contribution < -0.4 is 5.11 Å². The van der Waals surface area contributed by atoms with E-state index in [4.69, 9.17) is 11.6 Å². The molecule has 0 radical (unpaired) electrons. The molecule has 64 valence electrons. The Morgan fingerprint density at radius 2 is 1.92 bits per heavy atom. The summed E-state index contributed by atoms with van der Waals surface area (Å²) in [6.07, 6.45) is 0. The molecule has 0 aliphatic rings. The van der Waals surface area contributed by atoms with Gasteiger partial charge >= 0.3 is 0 Å². The molecule has 1 aromatic rings. The maximum atomic E-state index is 10.4. The number of carboxylic acid groups (broad SMARTS) is 1. The maximum Gasteiger partial charge on any atom is 0.0486 e. The zero-order valence-electron chi connectivity index (χ0n) is 6.58. The van der Waals surface area contributed by atoms with Gasteiger partial charge in [-0.3, -0.25) is 0 Å². The number of carbonyl (C=O) groups is 1. The number of hydrogen-bond donors (Lipinski definition) is 0. The number of halogens is 1. The molecule has 1 unspecified atom stereocenters.